The summed E-state index contributed by atoms with van der Waals surface area (Å²) in [7, 11) is 0. The van der Waals surface area contributed by atoms with E-state index in [1.807, 2.05) is 0 Å². The van der Waals surface area contributed by atoms with Gasteiger partial charge in [-0.15, -0.1) is 0 Å². The second-order valence-corrected chi connectivity index (χ2v) is 5.25. The Balaban J connectivity index is 2.20. The molecule has 0 aromatic heterocycles. The summed E-state index contributed by atoms with van der Waals surface area (Å²) in [5.41, 5.74) is 1.21. The molecule has 2 atom stereocenters. The molecule has 1 N–H and O–H groups in total. The SMILES string of the molecule is C[C@H]1CCCN(Cc2cc(F)ccc2C#N)[C@H]1CO. The van der Waals surface area contributed by atoms with Crippen molar-refractivity contribution in [2.45, 2.75) is 32.4 Å². The summed E-state index contributed by atoms with van der Waals surface area (Å²) < 4.78 is 13.3. The second kappa shape index (κ2) is 6.14. The molecular weight excluding hydrogens is 243 g/mol. The van der Waals surface area contributed by atoms with Gasteiger partial charge in [0.1, 0.15) is 5.82 Å². The van der Waals surface area contributed by atoms with Crippen molar-refractivity contribution >= 4 is 0 Å². The Bertz CT molecular complexity index is 484. The number of likely N-dealkylation sites (tertiary alicyclic amines) is 1. The molecule has 0 unspecified atom stereocenters. The van der Waals surface area contributed by atoms with Gasteiger partial charge in [-0.25, -0.2) is 4.39 Å². The maximum absolute atomic E-state index is 13.3. The normalized spacial score (nSPS) is 24.1. The molecule has 4 heteroatoms. The van der Waals surface area contributed by atoms with Crippen LogP contribution in [0.25, 0.3) is 0 Å². The quantitative estimate of drug-likeness (QED) is 0.909. The average molecular weight is 262 g/mol. The molecule has 1 fully saturated rings. The van der Waals surface area contributed by atoms with Crippen LogP contribution in [0.1, 0.15) is 30.9 Å². The van der Waals surface area contributed by atoms with Crippen LogP contribution >= 0.6 is 0 Å². The van der Waals surface area contributed by atoms with Gasteiger partial charge in [-0.2, -0.15) is 5.26 Å². The van der Waals surface area contributed by atoms with Gasteiger partial charge in [-0.3, -0.25) is 4.90 Å². The molecule has 0 aliphatic carbocycles. The van der Waals surface area contributed by atoms with Gasteiger partial charge in [-0.1, -0.05) is 6.92 Å². The number of hydrogen-bond donors (Lipinski definition) is 1. The first-order valence-corrected chi connectivity index (χ1v) is 6.69. The van der Waals surface area contributed by atoms with Gasteiger partial charge in [0.15, 0.2) is 0 Å². The number of benzene rings is 1. The summed E-state index contributed by atoms with van der Waals surface area (Å²) in [6, 6.07) is 6.45. The van der Waals surface area contributed by atoms with Crippen molar-refractivity contribution < 1.29 is 9.50 Å². The maximum atomic E-state index is 13.3. The number of hydrogen-bond acceptors (Lipinski definition) is 3. The molecule has 19 heavy (non-hydrogen) atoms. The van der Waals surface area contributed by atoms with E-state index in [1.165, 1.54) is 18.2 Å². The third-order valence-corrected chi connectivity index (χ3v) is 3.98. The fourth-order valence-corrected chi connectivity index (χ4v) is 2.85. The summed E-state index contributed by atoms with van der Waals surface area (Å²) in [6.07, 6.45) is 2.19. The van der Waals surface area contributed by atoms with Crippen molar-refractivity contribution in [3.8, 4) is 6.07 Å². The zero-order valence-corrected chi connectivity index (χ0v) is 11.1. The highest BCUT2D eigenvalue weighted by Gasteiger charge is 2.28. The van der Waals surface area contributed by atoms with E-state index >= 15 is 0 Å². The Hall–Kier alpha value is -1.44. The molecule has 1 aromatic carbocycles. The van der Waals surface area contributed by atoms with Gasteiger partial charge < -0.3 is 5.11 Å². The number of nitrogens with zero attached hydrogens (tertiary/aromatic N) is 2. The van der Waals surface area contributed by atoms with E-state index in [2.05, 4.69) is 17.9 Å². The lowest BCUT2D eigenvalue weighted by molar-refractivity contribution is 0.0471. The van der Waals surface area contributed by atoms with Crippen LogP contribution in [0, 0.1) is 23.1 Å². The molecule has 3 nitrogen and oxygen atoms in total. The van der Waals surface area contributed by atoms with Crippen LogP contribution in [0.3, 0.4) is 0 Å². The summed E-state index contributed by atoms with van der Waals surface area (Å²) in [6.45, 7) is 3.65. The molecule has 0 bridgehead atoms. The minimum atomic E-state index is -0.320. The van der Waals surface area contributed by atoms with Crippen molar-refractivity contribution in [3.63, 3.8) is 0 Å². The Morgan fingerprint density at radius 3 is 3.00 bits per heavy atom. The lowest BCUT2D eigenvalue weighted by Crippen LogP contribution is -2.46. The third-order valence-electron chi connectivity index (χ3n) is 3.98. The molecule has 0 saturated carbocycles. The lowest BCUT2D eigenvalue weighted by Gasteiger charge is -2.39. The van der Waals surface area contributed by atoms with Crippen LogP contribution in [-0.4, -0.2) is 29.2 Å². The van der Waals surface area contributed by atoms with Gasteiger partial charge in [0, 0.05) is 12.6 Å². The number of halogens is 1. The minimum Gasteiger partial charge on any atom is -0.395 e. The largest absolute Gasteiger partial charge is 0.395 e. The molecule has 1 heterocycles. The molecule has 1 aliphatic heterocycles. The van der Waals surface area contributed by atoms with Crippen molar-refractivity contribution in [2.24, 2.45) is 5.92 Å². The van der Waals surface area contributed by atoms with E-state index in [0.717, 1.165) is 19.4 Å². The van der Waals surface area contributed by atoms with Crippen LogP contribution in [0.5, 0.6) is 0 Å². The van der Waals surface area contributed by atoms with Crippen LogP contribution < -0.4 is 0 Å². The molecule has 0 spiro atoms. The van der Waals surface area contributed by atoms with Crippen LogP contribution in [-0.2, 0) is 6.54 Å². The van der Waals surface area contributed by atoms with E-state index < -0.39 is 0 Å². The second-order valence-electron chi connectivity index (χ2n) is 5.25. The van der Waals surface area contributed by atoms with E-state index in [0.29, 0.717) is 23.6 Å². The van der Waals surface area contributed by atoms with Crippen molar-refractivity contribution in [1.29, 1.82) is 5.26 Å². The monoisotopic (exact) mass is 262 g/mol. The topological polar surface area (TPSA) is 47.3 Å². The average Bonchev–Trinajstić information content (AvgIpc) is 2.39. The standard InChI is InChI=1S/C15H19FN2O/c1-11-3-2-6-18(15(11)10-19)9-13-7-14(16)5-4-12(13)8-17/h4-5,7,11,15,19H,2-3,6,9-10H2,1H3/t11-,15-/m0/s1. The van der Waals surface area contributed by atoms with E-state index in [4.69, 9.17) is 5.26 Å². The predicted molar refractivity (Wildman–Crippen MR) is 70.8 cm³/mol. The molecule has 102 valence electrons. The van der Waals surface area contributed by atoms with Gasteiger partial charge >= 0.3 is 0 Å². The lowest BCUT2D eigenvalue weighted by atomic mass is 9.90. The zero-order valence-electron chi connectivity index (χ0n) is 11.1. The molecule has 1 saturated heterocycles. The van der Waals surface area contributed by atoms with Crippen molar-refractivity contribution in [1.82, 2.24) is 4.90 Å². The van der Waals surface area contributed by atoms with Crippen LogP contribution in [0.4, 0.5) is 4.39 Å². The highest BCUT2D eigenvalue weighted by atomic mass is 19.1. The molecule has 0 radical (unpaired) electrons. The van der Waals surface area contributed by atoms with E-state index in [9.17, 15) is 9.50 Å². The highest BCUT2D eigenvalue weighted by Crippen LogP contribution is 2.25. The van der Waals surface area contributed by atoms with Crippen molar-refractivity contribution in [2.75, 3.05) is 13.2 Å². The number of nitriles is 1. The molecule has 2 rings (SSSR count). The first-order valence-electron chi connectivity index (χ1n) is 6.69. The van der Waals surface area contributed by atoms with Gasteiger partial charge in [0.05, 0.1) is 18.2 Å². The number of rotatable bonds is 3. The van der Waals surface area contributed by atoms with Gasteiger partial charge in [-0.05, 0) is 49.1 Å². The third kappa shape index (κ3) is 3.12. The molecule has 0 amide bonds. The first-order chi connectivity index (χ1) is 9.15. The summed E-state index contributed by atoms with van der Waals surface area (Å²) in [4.78, 5) is 2.16. The maximum Gasteiger partial charge on any atom is 0.123 e. The predicted octanol–water partition coefficient (Wildman–Crippen LogP) is 2.29. The summed E-state index contributed by atoms with van der Waals surface area (Å²) >= 11 is 0. The van der Waals surface area contributed by atoms with Crippen LogP contribution in [0.15, 0.2) is 18.2 Å². The van der Waals surface area contributed by atoms with Crippen molar-refractivity contribution in [3.05, 3.63) is 35.1 Å². The van der Waals surface area contributed by atoms with Crippen LogP contribution in [0.2, 0.25) is 0 Å². The zero-order chi connectivity index (χ0) is 13.8. The summed E-state index contributed by atoms with van der Waals surface area (Å²) in [5, 5.41) is 18.6. The Kier molecular flexibility index (Phi) is 4.52. The number of aliphatic hydroxyl groups is 1. The highest BCUT2D eigenvalue weighted by molar-refractivity contribution is 5.37. The summed E-state index contributed by atoms with van der Waals surface area (Å²) in [5.74, 6) is 0.109. The van der Waals surface area contributed by atoms with Gasteiger partial charge in [0.25, 0.3) is 0 Å². The first kappa shape index (κ1) is 14.0. The fourth-order valence-electron chi connectivity index (χ4n) is 2.85. The Morgan fingerprint density at radius 1 is 1.53 bits per heavy atom. The fraction of sp³-hybridized carbons (Fsp3) is 0.533. The molecule has 1 aliphatic rings. The Labute approximate surface area is 113 Å². The van der Waals surface area contributed by atoms with E-state index in [-0.39, 0.29) is 18.5 Å². The molecular formula is C15H19FN2O. The Morgan fingerprint density at radius 2 is 2.32 bits per heavy atom. The number of piperidine rings is 1. The minimum absolute atomic E-state index is 0.101. The smallest absolute Gasteiger partial charge is 0.123 e. The number of aliphatic hydroxyl groups excluding tert-OH is 1. The van der Waals surface area contributed by atoms with E-state index in [1.54, 1.807) is 0 Å². The molecule has 1 aromatic rings. The van der Waals surface area contributed by atoms with Gasteiger partial charge in [0.2, 0.25) is 0 Å².